The topological polar surface area (TPSA) is 9.23 Å². The minimum atomic E-state index is -0.653. The molecule has 0 radical (unpaired) electrons. The molecule has 1 aromatic carbocycles. The van der Waals surface area contributed by atoms with E-state index in [-0.39, 0.29) is 6.10 Å². The van der Waals surface area contributed by atoms with Crippen LogP contribution in [0.5, 0.6) is 0 Å². The number of halogens is 1. The smallest absolute Gasteiger partial charge is 0.105 e. The lowest BCUT2D eigenvalue weighted by atomic mass is 10.0. The van der Waals surface area contributed by atoms with Crippen LogP contribution in [0.25, 0.3) is 0 Å². The highest BCUT2D eigenvalue weighted by molar-refractivity contribution is 5.14. The Bertz CT molecular complexity index is 286. The second-order valence-corrected chi connectivity index (χ2v) is 4.14. The Morgan fingerprint density at radius 2 is 2.07 bits per heavy atom. The fourth-order valence-electron chi connectivity index (χ4n) is 2.01. The van der Waals surface area contributed by atoms with Crippen LogP contribution in [0.15, 0.2) is 30.3 Å². The Balaban J connectivity index is 1.78. The molecule has 1 aliphatic heterocycles. The van der Waals surface area contributed by atoms with Crippen LogP contribution in [0, 0.1) is 0 Å². The summed E-state index contributed by atoms with van der Waals surface area (Å²) in [7, 11) is 0. The van der Waals surface area contributed by atoms with Gasteiger partial charge in [0, 0.05) is 19.4 Å². The molecule has 1 fully saturated rings. The number of hydrogen-bond acceptors (Lipinski definition) is 1. The summed E-state index contributed by atoms with van der Waals surface area (Å²) in [5, 5.41) is 0. The fraction of sp³-hybridized carbons (Fsp3) is 0.538. The van der Waals surface area contributed by atoms with E-state index in [1.165, 1.54) is 5.56 Å². The molecule has 0 amide bonds. The highest BCUT2D eigenvalue weighted by Crippen LogP contribution is 2.20. The van der Waals surface area contributed by atoms with Crippen molar-refractivity contribution in [3.8, 4) is 0 Å². The van der Waals surface area contributed by atoms with Gasteiger partial charge in [0.25, 0.3) is 0 Å². The largest absolute Gasteiger partial charge is 0.378 e. The van der Waals surface area contributed by atoms with Gasteiger partial charge < -0.3 is 4.74 Å². The van der Waals surface area contributed by atoms with Crippen LogP contribution in [0.2, 0.25) is 0 Å². The van der Waals surface area contributed by atoms with E-state index in [1.54, 1.807) is 0 Å². The van der Waals surface area contributed by atoms with Gasteiger partial charge in [0.05, 0.1) is 6.10 Å². The lowest BCUT2D eigenvalue weighted by molar-refractivity contribution is -0.0214. The summed E-state index contributed by atoms with van der Waals surface area (Å²) < 4.78 is 18.6. The van der Waals surface area contributed by atoms with Gasteiger partial charge in [-0.2, -0.15) is 0 Å². The van der Waals surface area contributed by atoms with Gasteiger partial charge in [0.1, 0.15) is 6.17 Å². The molecule has 15 heavy (non-hydrogen) atoms. The second-order valence-electron chi connectivity index (χ2n) is 4.14. The summed E-state index contributed by atoms with van der Waals surface area (Å²) in [5.41, 5.74) is 1.31. The lowest BCUT2D eigenvalue weighted by Gasteiger charge is -2.25. The minimum absolute atomic E-state index is 0.119. The van der Waals surface area contributed by atoms with Crippen LogP contribution < -0.4 is 0 Å². The highest BCUT2D eigenvalue weighted by atomic mass is 19.1. The van der Waals surface area contributed by atoms with Crippen molar-refractivity contribution in [1.29, 1.82) is 0 Å². The van der Waals surface area contributed by atoms with Crippen LogP contribution in [0.1, 0.15) is 24.8 Å². The maximum Gasteiger partial charge on any atom is 0.105 e. The van der Waals surface area contributed by atoms with Crippen molar-refractivity contribution in [3.05, 3.63) is 35.9 Å². The molecular formula is C13H17FO. The van der Waals surface area contributed by atoms with Crippen molar-refractivity contribution in [1.82, 2.24) is 0 Å². The molecule has 82 valence electrons. The minimum Gasteiger partial charge on any atom is -0.378 e. The first-order valence-corrected chi connectivity index (χ1v) is 5.64. The summed E-state index contributed by atoms with van der Waals surface area (Å²) in [5.74, 6) is 0. The molecule has 2 rings (SSSR count). The quantitative estimate of drug-likeness (QED) is 0.741. The van der Waals surface area contributed by atoms with Gasteiger partial charge in [-0.1, -0.05) is 30.3 Å². The summed E-state index contributed by atoms with van der Waals surface area (Å²) >= 11 is 0. The summed E-state index contributed by atoms with van der Waals surface area (Å²) in [6, 6.07) is 10.3. The first kappa shape index (κ1) is 10.6. The number of hydrogen-bond donors (Lipinski definition) is 0. The van der Waals surface area contributed by atoms with Crippen LogP contribution in [0.4, 0.5) is 4.39 Å². The zero-order valence-corrected chi connectivity index (χ0v) is 8.86. The Hall–Kier alpha value is -0.890. The standard InChI is InChI=1S/C13H17FO/c14-12-8-9-15-13(10-12)7-6-11-4-2-1-3-5-11/h1-5,12-13H,6-10H2. The summed E-state index contributed by atoms with van der Waals surface area (Å²) in [4.78, 5) is 0. The lowest BCUT2D eigenvalue weighted by Crippen LogP contribution is -2.26. The van der Waals surface area contributed by atoms with Gasteiger partial charge in [-0.15, -0.1) is 0 Å². The molecule has 0 spiro atoms. The number of benzene rings is 1. The summed E-state index contributed by atoms with van der Waals surface area (Å²) in [6.07, 6.45) is 2.53. The van der Waals surface area contributed by atoms with Gasteiger partial charge in [-0.05, 0) is 18.4 Å². The van der Waals surface area contributed by atoms with E-state index in [9.17, 15) is 4.39 Å². The van der Waals surface area contributed by atoms with E-state index in [0.29, 0.717) is 19.4 Å². The van der Waals surface area contributed by atoms with E-state index in [4.69, 9.17) is 4.74 Å². The molecule has 0 bridgehead atoms. The SMILES string of the molecule is FC1CCOC(CCc2ccccc2)C1. The molecule has 0 aliphatic carbocycles. The normalized spacial score (nSPS) is 26.5. The maximum absolute atomic E-state index is 13.1. The molecule has 1 aliphatic rings. The number of rotatable bonds is 3. The predicted molar refractivity (Wildman–Crippen MR) is 58.6 cm³/mol. The average Bonchev–Trinajstić information content (AvgIpc) is 2.28. The Labute approximate surface area is 90.3 Å². The third kappa shape index (κ3) is 3.31. The van der Waals surface area contributed by atoms with Gasteiger partial charge in [0.2, 0.25) is 0 Å². The van der Waals surface area contributed by atoms with Gasteiger partial charge in [-0.25, -0.2) is 4.39 Å². The molecule has 0 saturated carbocycles. The van der Waals surface area contributed by atoms with Crippen LogP contribution in [-0.2, 0) is 11.2 Å². The van der Waals surface area contributed by atoms with E-state index in [2.05, 4.69) is 12.1 Å². The van der Waals surface area contributed by atoms with Crippen molar-refractivity contribution in [2.75, 3.05) is 6.61 Å². The molecule has 0 N–H and O–H groups in total. The van der Waals surface area contributed by atoms with Crippen molar-refractivity contribution < 1.29 is 9.13 Å². The first-order valence-electron chi connectivity index (χ1n) is 5.64. The van der Waals surface area contributed by atoms with E-state index in [1.807, 2.05) is 18.2 Å². The predicted octanol–water partition coefficient (Wildman–Crippen LogP) is 3.14. The molecule has 2 atom stereocenters. The van der Waals surface area contributed by atoms with Gasteiger partial charge in [-0.3, -0.25) is 0 Å². The molecular weight excluding hydrogens is 191 g/mol. The average molecular weight is 208 g/mol. The van der Waals surface area contributed by atoms with E-state index >= 15 is 0 Å². The first-order chi connectivity index (χ1) is 7.34. The number of aryl methyl sites for hydroxylation is 1. The maximum atomic E-state index is 13.1. The van der Waals surface area contributed by atoms with Gasteiger partial charge in [0.15, 0.2) is 0 Å². The Morgan fingerprint density at radius 1 is 1.27 bits per heavy atom. The van der Waals surface area contributed by atoms with Crippen LogP contribution in [-0.4, -0.2) is 18.9 Å². The molecule has 1 aromatic rings. The number of ether oxygens (including phenoxy) is 1. The molecule has 1 nitrogen and oxygen atoms in total. The highest BCUT2D eigenvalue weighted by Gasteiger charge is 2.21. The molecule has 2 unspecified atom stereocenters. The fourth-order valence-corrected chi connectivity index (χ4v) is 2.01. The Kier molecular flexibility index (Phi) is 3.73. The molecule has 2 heteroatoms. The Morgan fingerprint density at radius 3 is 2.80 bits per heavy atom. The van der Waals surface area contributed by atoms with Crippen molar-refractivity contribution in [3.63, 3.8) is 0 Å². The third-order valence-electron chi connectivity index (χ3n) is 2.90. The zero-order valence-electron chi connectivity index (χ0n) is 8.86. The second kappa shape index (κ2) is 5.26. The van der Waals surface area contributed by atoms with Gasteiger partial charge >= 0.3 is 0 Å². The molecule has 1 heterocycles. The van der Waals surface area contributed by atoms with E-state index in [0.717, 1.165) is 12.8 Å². The zero-order chi connectivity index (χ0) is 10.5. The molecule has 0 aromatic heterocycles. The van der Waals surface area contributed by atoms with E-state index < -0.39 is 6.17 Å². The van der Waals surface area contributed by atoms with Crippen molar-refractivity contribution in [2.45, 2.75) is 38.0 Å². The summed E-state index contributed by atoms with van der Waals surface area (Å²) in [6.45, 7) is 0.584. The van der Waals surface area contributed by atoms with Crippen LogP contribution in [0.3, 0.4) is 0 Å². The van der Waals surface area contributed by atoms with Crippen molar-refractivity contribution in [2.24, 2.45) is 0 Å². The monoisotopic (exact) mass is 208 g/mol. The molecule has 1 saturated heterocycles. The number of alkyl halides is 1. The van der Waals surface area contributed by atoms with Crippen molar-refractivity contribution >= 4 is 0 Å². The third-order valence-corrected chi connectivity index (χ3v) is 2.90. The van der Waals surface area contributed by atoms with Crippen LogP contribution >= 0.6 is 0 Å².